The van der Waals surface area contributed by atoms with Gasteiger partial charge in [0.1, 0.15) is 0 Å². The highest BCUT2D eigenvalue weighted by molar-refractivity contribution is 14.1. The predicted molar refractivity (Wildman–Crippen MR) is 88.4 cm³/mol. The summed E-state index contributed by atoms with van der Waals surface area (Å²) in [5.74, 6) is 0. The second-order valence-electron chi connectivity index (χ2n) is 5.23. The van der Waals surface area contributed by atoms with Crippen LogP contribution in [0.5, 0.6) is 0 Å². The summed E-state index contributed by atoms with van der Waals surface area (Å²) in [4.78, 5) is 14.8. The van der Waals surface area contributed by atoms with Gasteiger partial charge in [0.05, 0.1) is 0 Å². The van der Waals surface area contributed by atoms with E-state index in [2.05, 4.69) is 41.3 Å². The van der Waals surface area contributed by atoms with Crippen LogP contribution in [0.4, 0.5) is 4.79 Å². The molecule has 0 radical (unpaired) electrons. The summed E-state index contributed by atoms with van der Waals surface area (Å²) in [7, 11) is 0. The summed E-state index contributed by atoms with van der Waals surface area (Å²) in [6, 6.07) is 4.19. The molecule has 20 heavy (non-hydrogen) atoms. The highest BCUT2D eigenvalue weighted by atomic mass is 127. The Kier molecular flexibility index (Phi) is 5.14. The van der Waals surface area contributed by atoms with Gasteiger partial charge in [0.25, 0.3) is 0 Å². The van der Waals surface area contributed by atoms with Crippen molar-refractivity contribution >= 4 is 40.3 Å². The van der Waals surface area contributed by atoms with Crippen molar-refractivity contribution in [3.8, 4) is 0 Å². The van der Waals surface area contributed by atoms with Crippen LogP contribution in [0, 0.1) is 10.5 Å². The number of hydrogen-bond acceptors (Lipinski definition) is 2. The Labute approximate surface area is 137 Å². The largest absolute Gasteiger partial charge is 0.465 e. The van der Waals surface area contributed by atoms with Crippen LogP contribution >= 0.6 is 34.2 Å². The maximum Gasteiger partial charge on any atom is 0.407 e. The molecule has 1 fully saturated rings. The summed E-state index contributed by atoms with van der Waals surface area (Å²) in [6.45, 7) is 6.90. The highest BCUT2D eigenvalue weighted by Crippen LogP contribution is 2.25. The Morgan fingerprint density at radius 2 is 2.20 bits per heavy atom. The van der Waals surface area contributed by atoms with Gasteiger partial charge in [-0.25, -0.2) is 4.79 Å². The van der Waals surface area contributed by atoms with E-state index in [4.69, 9.17) is 16.7 Å². The van der Waals surface area contributed by atoms with E-state index in [0.717, 1.165) is 18.1 Å². The molecule has 1 aliphatic heterocycles. The van der Waals surface area contributed by atoms with Gasteiger partial charge in [0, 0.05) is 40.8 Å². The molecule has 0 bridgehead atoms. The third-order valence-corrected chi connectivity index (χ3v) is 4.96. The molecule has 4 nitrogen and oxygen atoms in total. The van der Waals surface area contributed by atoms with Crippen molar-refractivity contribution in [3.63, 3.8) is 0 Å². The Bertz CT molecular complexity index is 501. The summed E-state index contributed by atoms with van der Waals surface area (Å²) < 4.78 is 1.17. The second-order valence-corrected chi connectivity index (χ2v) is 6.83. The molecule has 0 spiro atoms. The van der Waals surface area contributed by atoms with E-state index in [1.54, 1.807) is 0 Å². The first-order chi connectivity index (χ1) is 9.38. The molecule has 1 saturated heterocycles. The fourth-order valence-electron chi connectivity index (χ4n) is 2.54. The summed E-state index contributed by atoms with van der Waals surface area (Å²) in [5.41, 5.74) is 2.47. The van der Waals surface area contributed by atoms with E-state index in [9.17, 15) is 4.79 Å². The number of aryl methyl sites for hydroxylation is 1. The Balaban J connectivity index is 2.10. The fraction of sp³-hybridized carbons (Fsp3) is 0.500. The molecular weight excluding hydrogens is 391 g/mol. The fourth-order valence-corrected chi connectivity index (χ4v) is 3.93. The smallest absolute Gasteiger partial charge is 0.407 e. The molecule has 2 rings (SSSR count). The average molecular weight is 409 g/mol. The molecule has 1 unspecified atom stereocenters. The van der Waals surface area contributed by atoms with Crippen LogP contribution in [-0.4, -0.2) is 46.7 Å². The van der Waals surface area contributed by atoms with E-state index in [1.165, 1.54) is 19.6 Å². The summed E-state index contributed by atoms with van der Waals surface area (Å²) in [5, 5.41) is 9.81. The highest BCUT2D eigenvalue weighted by Gasteiger charge is 2.27. The van der Waals surface area contributed by atoms with Crippen LogP contribution in [0.1, 0.15) is 18.1 Å². The first-order valence-electron chi connectivity index (χ1n) is 6.55. The van der Waals surface area contributed by atoms with Crippen molar-refractivity contribution in [2.24, 2.45) is 0 Å². The minimum atomic E-state index is -0.825. The lowest BCUT2D eigenvalue weighted by Gasteiger charge is -2.39. The van der Waals surface area contributed by atoms with E-state index in [-0.39, 0.29) is 6.04 Å². The lowest BCUT2D eigenvalue weighted by atomic mass is 10.1. The third kappa shape index (κ3) is 3.56. The molecule has 1 N–H and O–H groups in total. The van der Waals surface area contributed by atoms with Gasteiger partial charge in [-0.2, -0.15) is 0 Å². The van der Waals surface area contributed by atoms with Gasteiger partial charge in [-0.3, -0.25) is 4.90 Å². The molecular formula is C14H18ClIN2O2. The Morgan fingerprint density at radius 3 is 2.75 bits per heavy atom. The maximum atomic E-state index is 11.0. The number of hydrogen-bond donors (Lipinski definition) is 1. The number of rotatable bonds is 2. The van der Waals surface area contributed by atoms with Crippen molar-refractivity contribution in [2.75, 3.05) is 19.6 Å². The zero-order chi connectivity index (χ0) is 14.9. The number of carbonyl (C=O) groups is 1. The number of halogens is 2. The molecule has 0 aliphatic carbocycles. The summed E-state index contributed by atoms with van der Waals surface area (Å²) >= 11 is 8.37. The maximum absolute atomic E-state index is 11.0. The number of carboxylic acid groups (broad SMARTS) is 1. The Hall–Kier alpha value is -0.530. The van der Waals surface area contributed by atoms with Gasteiger partial charge in [0.15, 0.2) is 0 Å². The monoisotopic (exact) mass is 408 g/mol. The van der Waals surface area contributed by atoms with Crippen molar-refractivity contribution in [1.82, 2.24) is 9.80 Å². The normalized spacial score (nSPS) is 20.2. The van der Waals surface area contributed by atoms with Crippen molar-refractivity contribution < 1.29 is 9.90 Å². The standard InChI is InChI=1S/C14H18ClIN2O2/c1-9-5-11(15)6-13(16)12(9)8-17-3-4-18(14(19)20)7-10(17)2/h5-6,10H,3-4,7-8H2,1-2H3,(H,19,20). The molecule has 0 aromatic heterocycles. The molecule has 110 valence electrons. The van der Waals surface area contributed by atoms with Crippen LogP contribution in [0.3, 0.4) is 0 Å². The van der Waals surface area contributed by atoms with Gasteiger partial charge < -0.3 is 10.0 Å². The van der Waals surface area contributed by atoms with E-state index in [1.807, 2.05) is 12.1 Å². The quantitative estimate of drug-likeness (QED) is 0.763. The van der Waals surface area contributed by atoms with Crippen molar-refractivity contribution in [1.29, 1.82) is 0 Å². The van der Waals surface area contributed by atoms with E-state index < -0.39 is 6.09 Å². The molecule has 1 aromatic rings. The lowest BCUT2D eigenvalue weighted by Crippen LogP contribution is -2.52. The van der Waals surface area contributed by atoms with Gasteiger partial charge in [-0.05, 0) is 59.7 Å². The third-order valence-electron chi connectivity index (χ3n) is 3.78. The molecule has 1 aromatic carbocycles. The average Bonchev–Trinajstić information content (AvgIpc) is 2.34. The van der Waals surface area contributed by atoms with Crippen LogP contribution in [0.2, 0.25) is 5.02 Å². The number of benzene rings is 1. The van der Waals surface area contributed by atoms with Gasteiger partial charge in [-0.15, -0.1) is 0 Å². The van der Waals surface area contributed by atoms with Crippen LogP contribution in [-0.2, 0) is 6.54 Å². The first kappa shape index (κ1) is 15.9. The zero-order valence-electron chi connectivity index (χ0n) is 11.6. The molecule has 1 aliphatic rings. The molecule has 1 amide bonds. The van der Waals surface area contributed by atoms with Crippen molar-refractivity contribution in [2.45, 2.75) is 26.4 Å². The molecule has 1 atom stereocenters. The minimum Gasteiger partial charge on any atom is -0.465 e. The molecule has 1 heterocycles. The van der Waals surface area contributed by atoms with Crippen LogP contribution in [0.15, 0.2) is 12.1 Å². The topological polar surface area (TPSA) is 43.8 Å². The predicted octanol–water partition coefficient (Wildman–Crippen LogP) is 3.44. The number of piperazine rings is 1. The van der Waals surface area contributed by atoms with E-state index in [0.29, 0.717) is 13.1 Å². The molecule has 6 heteroatoms. The molecule has 0 saturated carbocycles. The lowest BCUT2D eigenvalue weighted by molar-refractivity contribution is 0.0710. The van der Waals surface area contributed by atoms with E-state index >= 15 is 0 Å². The first-order valence-corrected chi connectivity index (χ1v) is 8.00. The van der Waals surface area contributed by atoms with Crippen LogP contribution in [0.25, 0.3) is 0 Å². The van der Waals surface area contributed by atoms with Gasteiger partial charge in [0.2, 0.25) is 0 Å². The Morgan fingerprint density at radius 1 is 1.50 bits per heavy atom. The van der Waals surface area contributed by atoms with Gasteiger partial charge >= 0.3 is 6.09 Å². The van der Waals surface area contributed by atoms with Crippen LogP contribution < -0.4 is 0 Å². The number of amides is 1. The minimum absolute atomic E-state index is 0.228. The zero-order valence-corrected chi connectivity index (χ0v) is 14.5. The van der Waals surface area contributed by atoms with Gasteiger partial charge in [-0.1, -0.05) is 11.6 Å². The van der Waals surface area contributed by atoms with Crippen molar-refractivity contribution in [3.05, 3.63) is 31.9 Å². The number of nitrogens with zero attached hydrogens (tertiary/aromatic N) is 2. The second kappa shape index (κ2) is 6.49. The SMILES string of the molecule is Cc1cc(Cl)cc(I)c1CN1CCN(C(=O)O)CC1C. The summed E-state index contributed by atoms with van der Waals surface area (Å²) in [6.07, 6.45) is -0.825.